The highest BCUT2D eigenvalue weighted by atomic mass is 32.2. The first kappa shape index (κ1) is 11.5. The summed E-state index contributed by atoms with van der Waals surface area (Å²) in [6, 6.07) is 3.68. The van der Waals surface area contributed by atoms with Gasteiger partial charge in [-0.1, -0.05) is 0 Å². The predicted molar refractivity (Wildman–Crippen MR) is 61.3 cm³/mol. The van der Waals surface area contributed by atoms with E-state index in [1.807, 2.05) is 12.1 Å². The van der Waals surface area contributed by atoms with Crippen LogP contribution in [0.25, 0.3) is 0 Å². The van der Waals surface area contributed by atoms with Crippen LogP contribution in [0.15, 0.2) is 24.5 Å². The number of rotatable bonds is 2. The fourth-order valence-electron chi connectivity index (χ4n) is 1.67. The Labute approximate surface area is 95.5 Å². The molecule has 5 nitrogen and oxygen atoms in total. The third-order valence-electron chi connectivity index (χ3n) is 2.58. The molecule has 1 aliphatic heterocycles. The third-order valence-corrected chi connectivity index (χ3v) is 4.39. The van der Waals surface area contributed by atoms with Gasteiger partial charge in [0.1, 0.15) is 0 Å². The second-order valence-corrected chi connectivity index (χ2v) is 5.84. The average Bonchev–Trinajstić information content (AvgIpc) is 2.43. The van der Waals surface area contributed by atoms with Gasteiger partial charge in [0.2, 0.25) is 10.0 Å². The highest BCUT2D eigenvalue weighted by molar-refractivity contribution is 7.89. The van der Waals surface area contributed by atoms with Gasteiger partial charge in [-0.2, -0.15) is 4.31 Å². The van der Waals surface area contributed by atoms with Crippen molar-refractivity contribution < 1.29 is 8.42 Å². The molecule has 0 unspecified atom stereocenters. The first-order valence-corrected chi connectivity index (χ1v) is 6.87. The zero-order valence-electron chi connectivity index (χ0n) is 8.96. The quantitative estimate of drug-likeness (QED) is 0.780. The summed E-state index contributed by atoms with van der Waals surface area (Å²) >= 11 is 0. The first-order chi connectivity index (χ1) is 7.68. The Balaban J connectivity index is 2.13. The molecule has 0 aromatic carbocycles. The van der Waals surface area contributed by atoms with Crippen LogP contribution in [0.5, 0.6) is 0 Å². The summed E-state index contributed by atoms with van der Waals surface area (Å²) in [6.45, 7) is 2.22. The normalized spacial score (nSPS) is 21.5. The van der Waals surface area contributed by atoms with Gasteiger partial charge in [-0.15, -0.1) is 0 Å². The molecule has 16 heavy (non-hydrogen) atoms. The molecule has 1 saturated heterocycles. The Hall–Kier alpha value is -0.980. The minimum atomic E-state index is -3.11. The molecule has 6 heteroatoms. The van der Waals surface area contributed by atoms with E-state index in [2.05, 4.69) is 10.3 Å². The summed E-state index contributed by atoms with van der Waals surface area (Å²) in [4.78, 5) is 3.91. The summed E-state index contributed by atoms with van der Waals surface area (Å²) in [5.41, 5.74) is 0.973. The number of hydrogen-bond acceptors (Lipinski definition) is 4. The van der Waals surface area contributed by atoms with Gasteiger partial charge in [0.25, 0.3) is 0 Å². The number of nitrogens with zero attached hydrogens (tertiary/aromatic N) is 2. The highest BCUT2D eigenvalue weighted by Gasteiger charge is 2.23. The topological polar surface area (TPSA) is 62.3 Å². The second kappa shape index (κ2) is 4.90. The van der Waals surface area contributed by atoms with E-state index in [9.17, 15) is 8.42 Å². The lowest BCUT2D eigenvalue weighted by Gasteiger charge is -2.18. The minimum absolute atomic E-state index is 0.179. The summed E-state index contributed by atoms with van der Waals surface area (Å²) in [6.07, 6.45) is 3.36. The Morgan fingerprint density at radius 1 is 1.31 bits per heavy atom. The second-order valence-electron chi connectivity index (χ2n) is 3.76. The van der Waals surface area contributed by atoms with Gasteiger partial charge in [-0.25, -0.2) is 8.42 Å². The molecule has 0 radical (unpaired) electrons. The lowest BCUT2D eigenvalue weighted by molar-refractivity contribution is 0.415. The van der Waals surface area contributed by atoms with Gasteiger partial charge < -0.3 is 5.32 Å². The van der Waals surface area contributed by atoms with E-state index in [1.165, 1.54) is 4.31 Å². The van der Waals surface area contributed by atoms with E-state index in [0.717, 1.165) is 5.56 Å². The molecule has 0 spiro atoms. The van der Waals surface area contributed by atoms with Crippen molar-refractivity contribution in [3.05, 3.63) is 30.1 Å². The van der Waals surface area contributed by atoms with Crippen molar-refractivity contribution in [1.29, 1.82) is 0 Å². The van der Waals surface area contributed by atoms with E-state index in [-0.39, 0.29) is 5.75 Å². The van der Waals surface area contributed by atoms with Crippen molar-refractivity contribution in [3.8, 4) is 0 Å². The van der Waals surface area contributed by atoms with Gasteiger partial charge >= 0.3 is 0 Å². The standard InChI is InChI=1S/C10H15N3O2S/c14-16(15)8-6-12-5-7-13(16)9-10-1-3-11-4-2-10/h1-4,12H,5-9H2. The molecule has 2 rings (SSSR count). The molecule has 1 aromatic rings. The van der Waals surface area contributed by atoms with E-state index in [1.54, 1.807) is 12.4 Å². The van der Waals surface area contributed by atoms with E-state index in [4.69, 9.17) is 0 Å². The van der Waals surface area contributed by atoms with Gasteiger partial charge in [-0.3, -0.25) is 4.98 Å². The van der Waals surface area contributed by atoms with Crippen molar-refractivity contribution in [3.63, 3.8) is 0 Å². The first-order valence-electron chi connectivity index (χ1n) is 5.26. The molecule has 0 amide bonds. The maximum absolute atomic E-state index is 11.9. The van der Waals surface area contributed by atoms with Crippen LogP contribution in [0, 0.1) is 0 Å². The lowest BCUT2D eigenvalue weighted by atomic mass is 10.3. The summed E-state index contributed by atoms with van der Waals surface area (Å²) in [7, 11) is -3.11. The fourth-order valence-corrected chi connectivity index (χ4v) is 3.04. The Morgan fingerprint density at radius 2 is 2.06 bits per heavy atom. The number of aromatic nitrogens is 1. The van der Waals surface area contributed by atoms with Gasteiger partial charge in [0.05, 0.1) is 5.75 Å². The smallest absolute Gasteiger partial charge is 0.215 e. The van der Waals surface area contributed by atoms with Gasteiger partial charge in [-0.05, 0) is 17.7 Å². The molecule has 1 fully saturated rings. The van der Waals surface area contributed by atoms with Crippen molar-refractivity contribution in [2.45, 2.75) is 6.54 Å². The van der Waals surface area contributed by atoms with Crippen LogP contribution in [0.2, 0.25) is 0 Å². The Morgan fingerprint density at radius 3 is 2.81 bits per heavy atom. The molecule has 1 aliphatic rings. The zero-order valence-corrected chi connectivity index (χ0v) is 9.78. The molecule has 88 valence electrons. The van der Waals surface area contributed by atoms with E-state index >= 15 is 0 Å². The monoisotopic (exact) mass is 241 g/mol. The maximum Gasteiger partial charge on any atom is 0.215 e. The van der Waals surface area contributed by atoms with Crippen LogP contribution >= 0.6 is 0 Å². The molecule has 0 aliphatic carbocycles. The molecule has 1 aromatic heterocycles. The third kappa shape index (κ3) is 2.78. The average molecular weight is 241 g/mol. The predicted octanol–water partition coefficient (Wildman–Crippen LogP) is -0.183. The lowest BCUT2D eigenvalue weighted by Crippen LogP contribution is -2.33. The largest absolute Gasteiger partial charge is 0.314 e. The SMILES string of the molecule is O=S1(=O)CCNCCN1Cc1ccncc1. The van der Waals surface area contributed by atoms with Crippen LogP contribution in [0.4, 0.5) is 0 Å². The van der Waals surface area contributed by atoms with E-state index in [0.29, 0.717) is 26.2 Å². The summed E-state index contributed by atoms with van der Waals surface area (Å²) in [5, 5.41) is 3.09. The fraction of sp³-hybridized carbons (Fsp3) is 0.500. The molecule has 1 N–H and O–H groups in total. The van der Waals surface area contributed by atoms with Gasteiger partial charge in [0.15, 0.2) is 0 Å². The van der Waals surface area contributed by atoms with Crippen LogP contribution < -0.4 is 5.32 Å². The highest BCUT2D eigenvalue weighted by Crippen LogP contribution is 2.09. The molecular formula is C10H15N3O2S. The molecule has 0 bridgehead atoms. The van der Waals surface area contributed by atoms with Crippen LogP contribution in [-0.4, -0.2) is 43.1 Å². The van der Waals surface area contributed by atoms with E-state index < -0.39 is 10.0 Å². The zero-order chi connectivity index (χ0) is 11.4. The summed E-state index contributed by atoms with van der Waals surface area (Å²) in [5.74, 6) is 0.179. The number of hydrogen-bond donors (Lipinski definition) is 1. The number of nitrogens with one attached hydrogen (secondary N) is 1. The Kier molecular flexibility index (Phi) is 3.52. The minimum Gasteiger partial charge on any atom is -0.314 e. The van der Waals surface area contributed by atoms with Crippen LogP contribution in [0.1, 0.15) is 5.56 Å². The molecule has 2 heterocycles. The van der Waals surface area contributed by atoms with Crippen molar-refractivity contribution >= 4 is 10.0 Å². The van der Waals surface area contributed by atoms with Crippen molar-refractivity contribution in [2.75, 3.05) is 25.4 Å². The van der Waals surface area contributed by atoms with Crippen molar-refractivity contribution in [2.24, 2.45) is 0 Å². The number of sulfonamides is 1. The Bertz CT molecular complexity index is 433. The maximum atomic E-state index is 11.9. The molecule has 0 saturated carbocycles. The van der Waals surface area contributed by atoms with Crippen LogP contribution in [0.3, 0.4) is 0 Å². The van der Waals surface area contributed by atoms with Crippen molar-refractivity contribution in [1.82, 2.24) is 14.6 Å². The van der Waals surface area contributed by atoms with Crippen LogP contribution in [-0.2, 0) is 16.6 Å². The number of pyridine rings is 1. The summed E-state index contributed by atoms with van der Waals surface area (Å²) < 4.78 is 25.3. The van der Waals surface area contributed by atoms with Gasteiger partial charge in [0, 0.05) is 38.6 Å². The molecular weight excluding hydrogens is 226 g/mol. The molecule has 0 atom stereocenters.